The van der Waals surface area contributed by atoms with Crippen LogP contribution in [0, 0.1) is 0 Å². The van der Waals surface area contributed by atoms with Gasteiger partial charge < -0.3 is 15.5 Å². The Morgan fingerprint density at radius 1 is 0.963 bits per heavy atom. The lowest BCUT2D eigenvalue weighted by molar-refractivity contribution is 0.0827. The van der Waals surface area contributed by atoms with Crippen LogP contribution in [0.5, 0.6) is 0 Å². The third-order valence-corrected chi connectivity index (χ3v) is 4.15. The van der Waals surface area contributed by atoms with Gasteiger partial charge in [-0.3, -0.25) is 4.79 Å². The van der Waals surface area contributed by atoms with E-state index >= 15 is 0 Å². The van der Waals surface area contributed by atoms with Gasteiger partial charge in [-0.2, -0.15) is 0 Å². The summed E-state index contributed by atoms with van der Waals surface area (Å²) >= 11 is 0. The lowest BCUT2D eigenvalue weighted by atomic mass is 10.1. The Morgan fingerprint density at radius 3 is 2.30 bits per heavy atom. The Labute approximate surface area is 162 Å². The molecule has 27 heavy (non-hydrogen) atoms. The second-order valence-corrected chi connectivity index (χ2v) is 6.61. The molecule has 0 radical (unpaired) electrons. The van der Waals surface area contributed by atoms with Crippen molar-refractivity contribution in [2.45, 2.75) is 26.3 Å². The van der Waals surface area contributed by atoms with Crippen LogP contribution in [-0.4, -0.2) is 44.0 Å². The number of aliphatic imine (C=N–C) groups is 1. The molecule has 0 aliphatic heterocycles. The standard InChI is InChI=1S/C22H30N4O/c1-4-23-22(24-16-8-11-18-9-6-5-7-10-18)25-17-19-12-14-20(15-13-19)21(27)26(2)3/h5-7,9-10,12-15H,4,8,11,16-17H2,1-3H3,(H2,23,24,25). The van der Waals surface area contributed by atoms with Gasteiger partial charge in [0, 0.05) is 32.7 Å². The maximum atomic E-state index is 11.9. The summed E-state index contributed by atoms with van der Waals surface area (Å²) in [6, 6.07) is 18.1. The third kappa shape index (κ3) is 7.13. The van der Waals surface area contributed by atoms with Gasteiger partial charge in [0.2, 0.25) is 0 Å². The summed E-state index contributed by atoms with van der Waals surface area (Å²) in [4.78, 5) is 18.2. The summed E-state index contributed by atoms with van der Waals surface area (Å²) in [5, 5.41) is 6.66. The maximum Gasteiger partial charge on any atom is 0.253 e. The first-order valence-corrected chi connectivity index (χ1v) is 9.47. The summed E-state index contributed by atoms with van der Waals surface area (Å²) in [5.41, 5.74) is 3.12. The smallest absolute Gasteiger partial charge is 0.253 e. The number of rotatable bonds is 8. The minimum Gasteiger partial charge on any atom is -0.357 e. The average Bonchev–Trinajstić information content (AvgIpc) is 2.69. The molecule has 0 bridgehead atoms. The molecule has 2 N–H and O–H groups in total. The SMILES string of the molecule is CCNC(=NCc1ccc(C(=O)N(C)C)cc1)NCCCc1ccccc1. The second-order valence-electron chi connectivity index (χ2n) is 6.61. The van der Waals surface area contributed by atoms with Crippen LogP contribution in [-0.2, 0) is 13.0 Å². The van der Waals surface area contributed by atoms with E-state index in [0.29, 0.717) is 12.1 Å². The number of aryl methyl sites for hydroxylation is 1. The van der Waals surface area contributed by atoms with Crippen molar-refractivity contribution in [2.24, 2.45) is 4.99 Å². The van der Waals surface area contributed by atoms with E-state index in [1.54, 1.807) is 19.0 Å². The zero-order valence-corrected chi connectivity index (χ0v) is 16.5. The molecule has 0 saturated heterocycles. The number of carbonyl (C=O) groups excluding carboxylic acids is 1. The number of guanidine groups is 1. The summed E-state index contributed by atoms with van der Waals surface area (Å²) in [6.45, 7) is 4.32. The van der Waals surface area contributed by atoms with Crippen molar-refractivity contribution >= 4 is 11.9 Å². The van der Waals surface area contributed by atoms with Gasteiger partial charge in [0.25, 0.3) is 5.91 Å². The molecular weight excluding hydrogens is 336 g/mol. The first-order valence-electron chi connectivity index (χ1n) is 9.47. The summed E-state index contributed by atoms with van der Waals surface area (Å²) in [5.74, 6) is 0.831. The van der Waals surface area contributed by atoms with Gasteiger partial charge in [-0.1, -0.05) is 42.5 Å². The molecule has 144 valence electrons. The number of hydrogen-bond donors (Lipinski definition) is 2. The van der Waals surface area contributed by atoms with E-state index in [1.165, 1.54) is 5.56 Å². The molecule has 0 unspecified atom stereocenters. The molecule has 0 spiro atoms. The monoisotopic (exact) mass is 366 g/mol. The normalized spacial score (nSPS) is 11.1. The molecule has 2 rings (SSSR count). The van der Waals surface area contributed by atoms with Gasteiger partial charge in [-0.25, -0.2) is 4.99 Å². The number of hydrogen-bond acceptors (Lipinski definition) is 2. The quantitative estimate of drug-likeness (QED) is 0.429. The van der Waals surface area contributed by atoms with Crippen LogP contribution < -0.4 is 10.6 Å². The number of benzene rings is 2. The highest BCUT2D eigenvalue weighted by Gasteiger charge is 2.07. The lowest BCUT2D eigenvalue weighted by Gasteiger charge is -2.12. The Bertz CT molecular complexity index is 724. The predicted molar refractivity (Wildman–Crippen MR) is 112 cm³/mol. The Balaban J connectivity index is 1.84. The molecule has 5 nitrogen and oxygen atoms in total. The van der Waals surface area contributed by atoms with Gasteiger partial charge in [-0.15, -0.1) is 0 Å². The largest absolute Gasteiger partial charge is 0.357 e. The fourth-order valence-electron chi connectivity index (χ4n) is 2.67. The van der Waals surface area contributed by atoms with Gasteiger partial charge >= 0.3 is 0 Å². The van der Waals surface area contributed by atoms with Crippen LogP contribution in [0.1, 0.15) is 34.8 Å². The zero-order valence-electron chi connectivity index (χ0n) is 16.5. The Morgan fingerprint density at radius 2 is 1.67 bits per heavy atom. The van der Waals surface area contributed by atoms with Crippen LogP contribution in [0.4, 0.5) is 0 Å². The minimum absolute atomic E-state index is 0.0125. The Kier molecular flexibility index (Phi) is 8.36. The van der Waals surface area contributed by atoms with E-state index in [1.807, 2.05) is 30.3 Å². The minimum atomic E-state index is 0.0125. The first kappa shape index (κ1) is 20.5. The van der Waals surface area contributed by atoms with E-state index in [2.05, 4.69) is 46.8 Å². The molecule has 0 saturated carbocycles. The Hall–Kier alpha value is -2.82. The maximum absolute atomic E-state index is 11.9. The highest BCUT2D eigenvalue weighted by Crippen LogP contribution is 2.07. The summed E-state index contributed by atoms with van der Waals surface area (Å²) < 4.78 is 0. The topological polar surface area (TPSA) is 56.7 Å². The van der Waals surface area contributed by atoms with Crippen molar-refractivity contribution < 1.29 is 4.79 Å². The number of nitrogens with one attached hydrogen (secondary N) is 2. The van der Waals surface area contributed by atoms with Crippen LogP contribution >= 0.6 is 0 Å². The van der Waals surface area contributed by atoms with Gasteiger partial charge in [0.15, 0.2) is 5.96 Å². The highest BCUT2D eigenvalue weighted by atomic mass is 16.2. The molecule has 0 aromatic heterocycles. The molecule has 0 aliphatic rings. The predicted octanol–water partition coefficient (Wildman–Crippen LogP) is 3.08. The molecular formula is C22H30N4O. The van der Waals surface area contributed by atoms with Crippen LogP contribution in [0.3, 0.4) is 0 Å². The van der Waals surface area contributed by atoms with E-state index < -0.39 is 0 Å². The van der Waals surface area contributed by atoms with Crippen molar-refractivity contribution in [3.05, 3.63) is 71.3 Å². The summed E-state index contributed by atoms with van der Waals surface area (Å²) in [7, 11) is 3.51. The number of carbonyl (C=O) groups is 1. The van der Waals surface area contributed by atoms with E-state index in [0.717, 1.165) is 37.5 Å². The number of amides is 1. The lowest BCUT2D eigenvalue weighted by Crippen LogP contribution is -2.37. The summed E-state index contributed by atoms with van der Waals surface area (Å²) in [6.07, 6.45) is 2.10. The molecule has 2 aromatic rings. The van der Waals surface area contributed by atoms with Crippen molar-refractivity contribution in [1.82, 2.24) is 15.5 Å². The van der Waals surface area contributed by atoms with E-state index in [9.17, 15) is 4.79 Å². The second kappa shape index (κ2) is 11.0. The number of nitrogens with zero attached hydrogens (tertiary/aromatic N) is 2. The highest BCUT2D eigenvalue weighted by molar-refractivity contribution is 5.93. The van der Waals surface area contributed by atoms with Crippen molar-refractivity contribution in [3.8, 4) is 0 Å². The van der Waals surface area contributed by atoms with E-state index in [-0.39, 0.29) is 5.91 Å². The van der Waals surface area contributed by atoms with Crippen LogP contribution in [0.15, 0.2) is 59.6 Å². The molecule has 2 aromatic carbocycles. The van der Waals surface area contributed by atoms with Gasteiger partial charge in [-0.05, 0) is 43.0 Å². The van der Waals surface area contributed by atoms with Crippen molar-refractivity contribution in [1.29, 1.82) is 0 Å². The molecule has 0 heterocycles. The van der Waals surface area contributed by atoms with Crippen LogP contribution in [0.25, 0.3) is 0 Å². The fraction of sp³-hybridized carbons (Fsp3) is 0.364. The first-order chi connectivity index (χ1) is 13.1. The van der Waals surface area contributed by atoms with Crippen molar-refractivity contribution in [2.75, 3.05) is 27.2 Å². The zero-order chi connectivity index (χ0) is 19.5. The van der Waals surface area contributed by atoms with Crippen molar-refractivity contribution in [3.63, 3.8) is 0 Å². The molecule has 1 amide bonds. The molecule has 0 fully saturated rings. The average molecular weight is 367 g/mol. The fourth-order valence-corrected chi connectivity index (χ4v) is 2.67. The van der Waals surface area contributed by atoms with E-state index in [4.69, 9.17) is 0 Å². The van der Waals surface area contributed by atoms with Gasteiger partial charge in [0.05, 0.1) is 6.54 Å². The molecule has 0 atom stereocenters. The molecule has 5 heteroatoms. The van der Waals surface area contributed by atoms with Crippen LogP contribution in [0.2, 0.25) is 0 Å². The third-order valence-electron chi connectivity index (χ3n) is 4.15. The van der Waals surface area contributed by atoms with Gasteiger partial charge in [0.1, 0.15) is 0 Å². The molecule has 0 aliphatic carbocycles.